The van der Waals surface area contributed by atoms with Gasteiger partial charge in [0, 0.05) is 71.1 Å². The van der Waals surface area contributed by atoms with Gasteiger partial charge in [-0.3, -0.25) is 0 Å². The van der Waals surface area contributed by atoms with E-state index in [0.717, 1.165) is 0 Å². The second kappa shape index (κ2) is 16.0. The molecule has 6 aliphatic rings. The lowest BCUT2D eigenvalue weighted by Gasteiger charge is -2.51. The Balaban J connectivity index is 1.08. The highest BCUT2D eigenvalue weighted by Crippen LogP contribution is 2.62. The van der Waals surface area contributed by atoms with Crippen LogP contribution in [0.5, 0.6) is 0 Å². The number of hydrogen-bond donors (Lipinski definition) is 0. The summed E-state index contributed by atoms with van der Waals surface area (Å²) in [6, 6.07) is 47.3. The van der Waals surface area contributed by atoms with Gasteiger partial charge >= 0.3 is 0 Å². The molecule has 14 rings (SSSR count). The van der Waals surface area contributed by atoms with Crippen molar-refractivity contribution in [3.63, 3.8) is 0 Å². The van der Waals surface area contributed by atoms with Crippen LogP contribution in [0.15, 0.2) is 115 Å². The molecule has 0 spiro atoms. The molecule has 8 aromatic rings. The van der Waals surface area contributed by atoms with Crippen LogP contribution in [0.2, 0.25) is 0 Å². The Kier molecular flexibility index (Phi) is 10.3. The minimum Gasteiger partial charge on any atom is -0.334 e. The Labute approximate surface area is 465 Å². The van der Waals surface area contributed by atoms with Crippen LogP contribution in [0.3, 0.4) is 0 Å². The van der Waals surface area contributed by atoms with Gasteiger partial charge in [0.05, 0.1) is 5.54 Å². The lowest BCUT2D eigenvalue weighted by molar-refractivity contribution is 0.195. The Morgan fingerprint density at radius 1 is 0.455 bits per heavy atom. The van der Waals surface area contributed by atoms with Gasteiger partial charge in [-0.2, -0.15) is 0 Å². The summed E-state index contributed by atoms with van der Waals surface area (Å²) in [5.74, 6) is 0. The summed E-state index contributed by atoms with van der Waals surface area (Å²) in [7, 11) is 0. The number of rotatable bonds is 3. The summed E-state index contributed by atoms with van der Waals surface area (Å²) < 4.78 is 2.68. The molecule has 1 aromatic heterocycles. The van der Waals surface area contributed by atoms with Crippen molar-refractivity contribution in [3.8, 4) is 0 Å². The third kappa shape index (κ3) is 6.86. The fourth-order valence-corrected chi connectivity index (χ4v) is 17.4. The normalized spacial score (nSPS) is 23.0. The van der Waals surface area contributed by atoms with E-state index >= 15 is 0 Å². The van der Waals surface area contributed by atoms with Crippen LogP contribution < -0.4 is 31.1 Å². The van der Waals surface area contributed by atoms with Gasteiger partial charge in [0.15, 0.2) is 0 Å². The number of thiophene rings is 1. The van der Waals surface area contributed by atoms with Gasteiger partial charge in [0.1, 0.15) is 0 Å². The SMILES string of the molecule is Cc1cc2c3c(c1)N(c1cc4c(cc1C)C(C)(C)CCC4(C)C)c1cc(N4c5ccc(C(C)(C)C)cc5C5(C)CCCCC45C)ccc1B3c1cc3c(cc1N2c1ccc2c(c1)sc1ccccc12)C(C)(C)CCC3(C)C. The molecule has 5 heteroatoms. The maximum atomic E-state index is 2.83. The van der Waals surface area contributed by atoms with Crippen molar-refractivity contribution in [2.45, 2.75) is 193 Å². The lowest BCUT2D eigenvalue weighted by Crippen LogP contribution is -2.62. The number of anilines is 8. The number of benzene rings is 7. The third-order valence-corrected chi connectivity index (χ3v) is 22.6. The Morgan fingerprint density at radius 2 is 1.04 bits per heavy atom. The molecule has 0 radical (unpaired) electrons. The van der Waals surface area contributed by atoms with Crippen molar-refractivity contribution in [2.24, 2.45) is 0 Å². The van der Waals surface area contributed by atoms with Gasteiger partial charge in [0.2, 0.25) is 0 Å². The first kappa shape index (κ1) is 49.5. The standard InChI is InChI=1S/C72H80BN3S/c1-43-34-61-65-62(35-43)75(58-41-52-50(36-44(58)2)67(6,7)30-32-69(52,10)11)59-38-47(76-57-27-22-45(66(3,4)5)37-54(57)71(14)28-18-19-29-72(71,76)15)24-26-55(59)73(65)56-40-51-53(70(12,13)33-31-68(51,8)9)42-60(56)74(61)46-23-25-49-48-20-16-17-21-63(48)77-64(49)39-46/h16-17,20-27,34-42H,18-19,28-33H2,1-15H3. The fourth-order valence-electron chi connectivity index (χ4n) is 16.3. The highest BCUT2D eigenvalue weighted by Gasteiger charge is 2.58. The molecule has 2 unspecified atom stereocenters. The summed E-state index contributed by atoms with van der Waals surface area (Å²) >= 11 is 1.92. The maximum Gasteiger partial charge on any atom is 0.252 e. The molecule has 2 atom stereocenters. The summed E-state index contributed by atoms with van der Waals surface area (Å²) in [5.41, 5.74) is 26.6. The zero-order chi connectivity index (χ0) is 53.9. The van der Waals surface area contributed by atoms with Gasteiger partial charge in [-0.25, -0.2) is 0 Å². The summed E-state index contributed by atoms with van der Waals surface area (Å²) in [6.45, 7) is 37.1. The van der Waals surface area contributed by atoms with Gasteiger partial charge < -0.3 is 14.7 Å². The molecule has 0 bridgehead atoms. The monoisotopic (exact) mass is 1030 g/mol. The smallest absolute Gasteiger partial charge is 0.252 e. The van der Waals surface area contributed by atoms with Crippen LogP contribution in [0.1, 0.15) is 186 Å². The average molecular weight is 1030 g/mol. The quantitative estimate of drug-likeness (QED) is 0.163. The van der Waals surface area contributed by atoms with Crippen molar-refractivity contribution in [2.75, 3.05) is 14.7 Å². The van der Waals surface area contributed by atoms with Crippen LogP contribution in [-0.4, -0.2) is 12.3 Å². The molecule has 7 aromatic carbocycles. The van der Waals surface area contributed by atoms with E-state index in [1.807, 2.05) is 11.3 Å². The third-order valence-electron chi connectivity index (χ3n) is 21.4. The lowest BCUT2D eigenvalue weighted by atomic mass is 9.33. The number of nitrogens with zero attached hydrogens (tertiary/aromatic N) is 3. The van der Waals surface area contributed by atoms with Crippen LogP contribution >= 0.6 is 11.3 Å². The first-order valence-corrected chi connectivity index (χ1v) is 30.2. The molecule has 77 heavy (non-hydrogen) atoms. The molecule has 0 saturated heterocycles. The zero-order valence-electron chi connectivity index (χ0n) is 49.0. The Hall–Kier alpha value is -5.78. The minimum absolute atomic E-state index is 0.0216. The van der Waals surface area contributed by atoms with E-state index in [0.29, 0.717) is 0 Å². The topological polar surface area (TPSA) is 9.72 Å². The summed E-state index contributed by atoms with van der Waals surface area (Å²) in [5, 5.41) is 2.68. The van der Waals surface area contributed by atoms with Gasteiger partial charge in [-0.15, -0.1) is 11.3 Å². The van der Waals surface area contributed by atoms with E-state index in [4.69, 9.17) is 0 Å². The predicted octanol–water partition coefficient (Wildman–Crippen LogP) is 18.5. The number of aryl methyl sites for hydroxylation is 2. The van der Waals surface area contributed by atoms with E-state index in [1.54, 1.807) is 0 Å². The van der Waals surface area contributed by atoms with Gasteiger partial charge in [0.25, 0.3) is 6.71 Å². The molecular formula is C72H80BN3S. The van der Waals surface area contributed by atoms with Crippen LogP contribution in [0, 0.1) is 13.8 Å². The molecule has 0 N–H and O–H groups in total. The molecule has 1 saturated carbocycles. The molecule has 3 nitrogen and oxygen atoms in total. The predicted molar refractivity (Wildman–Crippen MR) is 335 cm³/mol. The van der Waals surface area contributed by atoms with Crippen LogP contribution in [0.25, 0.3) is 20.2 Å². The van der Waals surface area contributed by atoms with E-state index in [9.17, 15) is 0 Å². The Morgan fingerprint density at radius 3 is 1.73 bits per heavy atom. The molecule has 3 aliphatic heterocycles. The first-order chi connectivity index (χ1) is 36.3. The average Bonchev–Trinajstić information content (AvgIpc) is 3.76. The van der Waals surface area contributed by atoms with Crippen molar-refractivity contribution in [1.29, 1.82) is 0 Å². The zero-order valence-corrected chi connectivity index (χ0v) is 49.8. The largest absolute Gasteiger partial charge is 0.334 e. The molecule has 3 aliphatic carbocycles. The highest BCUT2D eigenvalue weighted by molar-refractivity contribution is 7.25. The van der Waals surface area contributed by atoms with Crippen molar-refractivity contribution >= 4 is 100 Å². The molecular weight excluding hydrogens is 950 g/mol. The summed E-state index contributed by atoms with van der Waals surface area (Å²) in [6.07, 6.45) is 9.61. The number of hydrogen-bond acceptors (Lipinski definition) is 4. The minimum atomic E-state index is -0.0816. The second-order valence-corrected chi connectivity index (χ2v) is 30.2. The van der Waals surface area contributed by atoms with Gasteiger partial charge in [-0.1, -0.05) is 151 Å². The Bertz CT molecular complexity index is 3860. The van der Waals surface area contributed by atoms with Crippen molar-refractivity contribution in [3.05, 3.63) is 160 Å². The molecule has 4 heterocycles. The summed E-state index contributed by atoms with van der Waals surface area (Å²) in [4.78, 5) is 8.29. The maximum absolute atomic E-state index is 2.83. The van der Waals surface area contributed by atoms with E-state index in [-0.39, 0.29) is 44.7 Å². The fraction of sp³-hybridized carbons (Fsp3) is 0.417. The van der Waals surface area contributed by atoms with Crippen molar-refractivity contribution in [1.82, 2.24) is 0 Å². The van der Waals surface area contributed by atoms with E-state index < -0.39 is 0 Å². The van der Waals surface area contributed by atoms with Crippen LogP contribution in [0.4, 0.5) is 45.5 Å². The highest BCUT2D eigenvalue weighted by atomic mass is 32.1. The van der Waals surface area contributed by atoms with Crippen LogP contribution in [-0.2, 0) is 32.5 Å². The molecule has 392 valence electrons. The second-order valence-electron chi connectivity index (χ2n) is 29.1. The molecule has 0 amide bonds. The van der Waals surface area contributed by atoms with Gasteiger partial charge in [-0.05, 0) is 208 Å². The molecule has 1 fully saturated rings. The number of fused-ring (bicyclic) bond motifs is 12. The van der Waals surface area contributed by atoms with E-state index in [2.05, 4.69) is 234 Å². The van der Waals surface area contributed by atoms with E-state index in [1.165, 1.54) is 178 Å². The van der Waals surface area contributed by atoms with Crippen molar-refractivity contribution < 1.29 is 0 Å². The first-order valence-electron chi connectivity index (χ1n) is 29.4.